The Labute approximate surface area is 153 Å². The second-order valence-corrected chi connectivity index (χ2v) is 5.94. The minimum atomic E-state index is -0.319. The van der Waals surface area contributed by atoms with Crippen LogP contribution in [0.2, 0.25) is 0 Å². The van der Waals surface area contributed by atoms with Gasteiger partial charge in [-0.1, -0.05) is 72.8 Å². The van der Waals surface area contributed by atoms with Crippen LogP contribution in [-0.4, -0.2) is 5.97 Å². The van der Waals surface area contributed by atoms with Gasteiger partial charge in [0.05, 0.1) is 0 Å². The SMILES string of the molecule is CC(=O)Oc1ccc(C=Cc2ccccc2-c2ccccc2CN)cc1. The lowest BCUT2D eigenvalue weighted by Gasteiger charge is -2.11. The molecule has 3 nitrogen and oxygen atoms in total. The van der Waals surface area contributed by atoms with Crippen LogP contribution in [0.3, 0.4) is 0 Å². The number of rotatable bonds is 5. The van der Waals surface area contributed by atoms with Gasteiger partial charge >= 0.3 is 5.97 Å². The summed E-state index contributed by atoms with van der Waals surface area (Å²) in [6, 6.07) is 23.9. The summed E-state index contributed by atoms with van der Waals surface area (Å²) in [4.78, 5) is 11.0. The second-order valence-electron chi connectivity index (χ2n) is 5.94. The molecule has 0 aliphatic heterocycles. The maximum absolute atomic E-state index is 11.0. The Hall–Kier alpha value is -3.17. The molecule has 0 saturated carbocycles. The summed E-state index contributed by atoms with van der Waals surface area (Å²) in [7, 11) is 0. The molecule has 3 heteroatoms. The molecule has 3 aromatic carbocycles. The van der Waals surface area contributed by atoms with Gasteiger partial charge in [0.1, 0.15) is 5.75 Å². The van der Waals surface area contributed by atoms with Gasteiger partial charge < -0.3 is 10.5 Å². The van der Waals surface area contributed by atoms with Crippen molar-refractivity contribution in [2.75, 3.05) is 0 Å². The molecule has 0 bridgehead atoms. The van der Waals surface area contributed by atoms with E-state index in [-0.39, 0.29) is 5.97 Å². The molecular weight excluding hydrogens is 322 g/mol. The van der Waals surface area contributed by atoms with Gasteiger partial charge in [0.2, 0.25) is 0 Å². The fraction of sp³-hybridized carbons (Fsp3) is 0.0870. The molecule has 0 spiro atoms. The number of carbonyl (C=O) groups is 1. The van der Waals surface area contributed by atoms with E-state index in [1.54, 1.807) is 12.1 Å². The number of ether oxygens (including phenoxy) is 1. The van der Waals surface area contributed by atoms with Crippen LogP contribution in [0.15, 0.2) is 72.8 Å². The summed E-state index contributed by atoms with van der Waals surface area (Å²) < 4.78 is 5.06. The summed E-state index contributed by atoms with van der Waals surface area (Å²) in [6.45, 7) is 1.90. The van der Waals surface area contributed by atoms with Gasteiger partial charge in [-0.3, -0.25) is 4.79 Å². The van der Waals surface area contributed by atoms with Crippen LogP contribution in [0.25, 0.3) is 23.3 Å². The van der Waals surface area contributed by atoms with Crippen LogP contribution in [0.5, 0.6) is 5.75 Å². The van der Waals surface area contributed by atoms with Gasteiger partial charge in [0, 0.05) is 13.5 Å². The smallest absolute Gasteiger partial charge is 0.308 e. The first kappa shape index (κ1) is 17.6. The molecule has 0 radical (unpaired) electrons. The van der Waals surface area contributed by atoms with Gasteiger partial charge in [-0.25, -0.2) is 0 Å². The maximum atomic E-state index is 11.0. The van der Waals surface area contributed by atoms with Crippen molar-refractivity contribution in [1.29, 1.82) is 0 Å². The minimum absolute atomic E-state index is 0.319. The lowest BCUT2D eigenvalue weighted by atomic mass is 9.95. The zero-order valence-electron chi connectivity index (χ0n) is 14.7. The molecule has 0 aliphatic rings. The van der Waals surface area contributed by atoms with Gasteiger partial charge in [-0.15, -0.1) is 0 Å². The molecule has 0 saturated heterocycles. The van der Waals surface area contributed by atoms with Crippen molar-refractivity contribution in [2.24, 2.45) is 5.73 Å². The van der Waals surface area contributed by atoms with Crippen molar-refractivity contribution >= 4 is 18.1 Å². The van der Waals surface area contributed by atoms with Crippen molar-refractivity contribution in [2.45, 2.75) is 13.5 Å². The van der Waals surface area contributed by atoms with Crippen molar-refractivity contribution in [3.05, 3.63) is 89.5 Å². The Morgan fingerprint density at radius 1 is 0.885 bits per heavy atom. The molecule has 0 fully saturated rings. The molecule has 0 heterocycles. The number of benzene rings is 3. The van der Waals surface area contributed by atoms with E-state index < -0.39 is 0 Å². The number of nitrogens with two attached hydrogens (primary N) is 1. The van der Waals surface area contributed by atoms with E-state index in [1.165, 1.54) is 6.92 Å². The van der Waals surface area contributed by atoms with E-state index in [4.69, 9.17) is 10.5 Å². The van der Waals surface area contributed by atoms with Gasteiger partial charge in [-0.05, 0) is 39.9 Å². The van der Waals surface area contributed by atoms with Crippen LogP contribution >= 0.6 is 0 Å². The minimum Gasteiger partial charge on any atom is -0.427 e. The van der Waals surface area contributed by atoms with E-state index in [9.17, 15) is 4.79 Å². The molecule has 130 valence electrons. The fourth-order valence-electron chi connectivity index (χ4n) is 2.85. The fourth-order valence-corrected chi connectivity index (χ4v) is 2.85. The highest BCUT2D eigenvalue weighted by Gasteiger charge is 2.06. The molecule has 26 heavy (non-hydrogen) atoms. The Balaban J connectivity index is 1.89. The first-order chi connectivity index (χ1) is 12.7. The molecule has 0 aromatic heterocycles. The molecule has 3 aromatic rings. The van der Waals surface area contributed by atoms with Crippen molar-refractivity contribution < 1.29 is 9.53 Å². The van der Waals surface area contributed by atoms with E-state index in [0.29, 0.717) is 12.3 Å². The van der Waals surface area contributed by atoms with Crippen LogP contribution < -0.4 is 10.5 Å². The summed E-state index contributed by atoms with van der Waals surface area (Å²) in [5.74, 6) is 0.229. The largest absolute Gasteiger partial charge is 0.427 e. The van der Waals surface area contributed by atoms with E-state index in [1.807, 2.05) is 42.5 Å². The molecule has 0 atom stereocenters. The first-order valence-corrected chi connectivity index (χ1v) is 8.51. The van der Waals surface area contributed by atoms with Gasteiger partial charge in [0.25, 0.3) is 0 Å². The van der Waals surface area contributed by atoms with Crippen molar-refractivity contribution in [3.8, 4) is 16.9 Å². The van der Waals surface area contributed by atoms with Crippen molar-refractivity contribution in [3.63, 3.8) is 0 Å². The van der Waals surface area contributed by atoms with Gasteiger partial charge in [0.15, 0.2) is 0 Å². The lowest BCUT2D eigenvalue weighted by Crippen LogP contribution is -2.00. The third-order valence-electron chi connectivity index (χ3n) is 4.09. The third kappa shape index (κ3) is 4.26. The summed E-state index contributed by atoms with van der Waals surface area (Å²) in [5, 5.41) is 0. The third-order valence-corrected chi connectivity index (χ3v) is 4.09. The molecule has 0 unspecified atom stereocenters. The predicted molar refractivity (Wildman–Crippen MR) is 106 cm³/mol. The molecule has 0 amide bonds. The Bertz CT molecular complexity index is 927. The number of carbonyl (C=O) groups excluding carboxylic acids is 1. The predicted octanol–water partition coefficient (Wildman–Crippen LogP) is 4.91. The summed E-state index contributed by atoms with van der Waals surface area (Å²) in [5.41, 5.74) is 11.5. The van der Waals surface area contributed by atoms with Crippen LogP contribution in [0.4, 0.5) is 0 Å². The lowest BCUT2D eigenvalue weighted by molar-refractivity contribution is -0.131. The highest BCUT2D eigenvalue weighted by molar-refractivity contribution is 5.82. The topological polar surface area (TPSA) is 52.3 Å². The zero-order chi connectivity index (χ0) is 18.4. The number of hydrogen-bond acceptors (Lipinski definition) is 3. The second kappa shape index (κ2) is 8.28. The standard InChI is InChI=1S/C23H21NO2/c1-17(25)26-21-14-11-18(12-15-21)10-13-19-6-2-4-8-22(19)23-9-5-3-7-20(23)16-24/h2-15H,16,24H2,1H3. The normalized spacial score (nSPS) is 10.8. The van der Waals surface area contributed by atoms with Gasteiger partial charge in [-0.2, -0.15) is 0 Å². The quantitative estimate of drug-likeness (QED) is 0.407. The average molecular weight is 343 g/mol. The molecule has 3 rings (SSSR count). The number of esters is 1. The average Bonchev–Trinajstić information content (AvgIpc) is 2.67. The molecule has 2 N–H and O–H groups in total. The Morgan fingerprint density at radius 3 is 2.23 bits per heavy atom. The maximum Gasteiger partial charge on any atom is 0.308 e. The highest BCUT2D eigenvalue weighted by Crippen LogP contribution is 2.28. The Morgan fingerprint density at radius 2 is 1.54 bits per heavy atom. The van der Waals surface area contributed by atoms with E-state index in [0.717, 1.165) is 27.8 Å². The summed E-state index contributed by atoms with van der Waals surface area (Å²) >= 11 is 0. The molecule has 0 aliphatic carbocycles. The van der Waals surface area contributed by atoms with E-state index >= 15 is 0 Å². The molecular formula is C23H21NO2. The zero-order valence-corrected chi connectivity index (χ0v) is 14.7. The number of hydrogen-bond donors (Lipinski definition) is 1. The monoisotopic (exact) mass is 343 g/mol. The van der Waals surface area contributed by atoms with E-state index in [2.05, 4.69) is 30.3 Å². The van der Waals surface area contributed by atoms with Crippen LogP contribution in [0, 0.1) is 0 Å². The van der Waals surface area contributed by atoms with Crippen molar-refractivity contribution in [1.82, 2.24) is 0 Å². The Kier molecular flexibility index (Phi) is 5.62. The summed E-state index contributed by atoms with van der Waals surface area (Å²) in [6.07, 6.45) is 4.13. The van der Waals surface area contributed by atoms with Crippen LogP contribution in [-0.2, 0) is 11.3 Å². The first-order valence-electron chi connectivity index (χ1n) is 8.51. The highest BCUT2D eigenvalue weighted by atomic mass is 16.5. The van der Waals surface area contributed by atoms with Crippen LogP contribution in [0.1, 0.15) is 23.6 Å².